The van der Waals surface area contributed by atoms with Crippen LogP contribution in [0.4, 0.5) is 13.6 Å². The van der Waals surface area contributed by atoms with Crippen LogP contribution in [-0.4, -0.2) is 43.0 Å². The van der Waals surface area contributed by atoms with Crippen LogP contribution in [0.2, 0.25) is 0 Å². The lowest BCUT2D eigenvalue weighted by Gasteiger charge is -2.34. The minimum absolute atomic E-state index is 0.0109. The summed E-state index contributed by atoms with van der Waals surface area (Å²) in [5, 5.41) is 0. The average Bonchev–Trinajstić information content (AvgIpc) is 2.46. The molecule has 2 amide bonds. The Morgan fingerprint density at radius 1 is 1.33 bits per heavy atom. The van der Waals surface area contributed by atoms with Crippen molar-refractivity contribution in [3.63, 3.8) is 0 Å². The van der Waals surface area contributed by atoms with Gasteiger partial charge in [0.2, 0.25) is 0 Å². The van der Waals surface area contributed by atoms with Gasteiger partial charge in [0.25, 0.3) is 0 Å². The van der Waals surface area contributed by atoms with Crippen LogP contribution in [0.25, 0.3) is 0 Å². The molecule has 1 fully saturated rings. The molecule has 0 aliphatic carbocycles. The lowest BCUT2D eigenvalue weighted by molar-refractivity contribution is 0.140. The molecule has 3 nitrogen and oxygen atoms in total. The summed E-state index contributed by atoms with van der Waals surface area (Å²) < 4.78 is 27.2. The summed E-state index contributed by atoms with van der Waals surface area (Å²) in [4.78, 5) is 15.4. The van der Waals surface area contributed by atoms with Crippen LogP contribution >= 0.6 is 0 Å². The molecule has 1 heterocycles. The van der Waals surface area contributed by atoms with Crippen LogP contribution in [0.3, 0.4) is 0 Å². The molecule has 1 aliphatic heterocycles. The minimum atomic E-state index is -0.480. The first kappa shape index (κ1) is 15.7. The van der Waals surface area contributed by atoms with E-state index in [4.69, 9.17) is 0 Å². The predicted molar refractivity (Wildman–Crippen MR) is 78.1 cm³/mol. The third kappa shape index (κ3) is 3.93. The van der Waals surface area contributed by atoms with Crippen molar-refractivity contribution >= 4 is 6.03 Å². The Morgan fingerprint density at radius 3 is 2.62 bits per heavy atom. The second-order valence-electron chi connectivity index (χ2n) is 5.87. The molecule has 0 bridgehead atoms. The highest BCUT2D eigenvalue weighted by Crippen LogP contribution is 2.24. The summed E-state index contributed by atoms with van der Waals surface area (Å²) >= 11 is 0. The molecule has 0 spiro atoms. The van der Waals surface area contributed by atoms with Crippen molar-refractivity contribution in [2.24, 2.45) is 5.92 Å². The standard InChI is InChI=1S/C16H22F2N2O/c1-19(2)16(21)20-10-4-5-12(11-20)8-9-13-14(17)6-3-7-15(13)18/h3,6-7,12H,4-5,8-11H2,1-2H3/t12-/m1/s1. The Labute approximate surface area is 124 Å². The Morgan fingerprint density at radius 2 is 2.00 bits per heavy atom. The lowest BCUT2D eigenvalue weighted by atomic mass is 9.91. The Bertz CT molecular complexity index is 485. The highest BCUT2D eigenvalue weighted by Gasteiger charge is 2.24. The van der Waals surface area contributed by atoms with Gasteiger partial charge in [-0.25, -0.2) is 13.6 Å². The molecule has 2 rings (SSSR count). The van der Waals surface area contributed by atoms with E-state index in [1.807, 2.05) is 4.90 Å². The fraction of sp³-hybridized carbons (Fsp3) is 0.562. The van der Waals surface area contributed by atoms with Crippen molar-refractivity contribution in [2.45, 2.75) is 25.7 Å². The molecule has 1 aromatic carbocycles. The van der Waals surface area contributed by atoms with Crippen LogP contribution in [-0.2, 0) is 6.42 Å². The molecule has 0 N–H and O–H groups in total. The van der Waals surface area contributed by atoms with Gasteiger partial charge in [0, 0.05) is 32.7 Å². The van der Waals surface area contributed by atoms with E-state index in [0.717, 1.165) is 19.4 Å². The Balaban J connectivity index is 1.93. The lowest BCUT2D eigenvalue weighted by Crippen LogP contribution is -2.45. The first-order valence-corrected chi connectivity index (χ1v) is 7.38. The molecule has 0 unspecified atom stereocenters. The van der Waals surface area contributed by atoms with Gasteiger partial charge in [-0.15, -0.1) is 0 Å². The van der Waals surface area contributed by atoms with E-state index in [-0.39, 0.29) is 11.6 Å². The summed E-state index contributed by atoms with van der Waals surface area (Å²) in [6, 6.07) is 3.98. The maximum atomic E-state index is 13.6. The molecule has 1 aliphatic rings. The van der Waals surface area contributed by atoms with E-state index in [1.54, 1.807) is 19.0 Å². The summed E-state index contributed by atoms with van der Waals surface area (Å²) in [7, 11) is 3.47. The predicted octanol–water partition coefficient (Wildman–Crippen LogP) is 3.29. The summed E-state index contributed by atoms with van der Waals surface area (Å²) in [6.07, 6.45) is 3.04. The van der Waals surface area contributed by atoms with Gasteiger partial charge in [-0.1, -0.05) is 6.07 Å². The molecule has 1 atom stereocenters. The number of nitrogens with zero attached hydrogens (tertiary/aromatic N) is 2. The zero-order chi connectivity index (χ0) is 15.4. The normalized spacial score (nSPS) is 18.7. The van der Waals surface area contributed by atoms with Crippen molar-refractivity contribution in [2.75, 3.05) is 27.2 Å². The average molecular weight is 296 g/mol. The molecular formula is C16H22F2N2O. The van der Waals surface area contributed by atoms with Crippen molar-refractivity contribution < 1.29 is 13.6 Å². The number of hydrogen-bond acceptors (Lipinski definition) is 1. The topological polar surface area (TPSA) is 23.6 Å². The molecule has 5 heteroatoms. The minimum Gasteiger partial charge on any atom is -0.331 e. The van der Waals surface area contributed by atoms with Gasteiger partial charge < -0.3 is 9.80 Å². The van der Waals surface area contributed by atoms with Crippen LogP contribution in [0.15, 0.2) is 18.2 Å². The van der Waals surface area contributed by atoms with Gasteiger partial charge >= 0.3 is 6.03 Å². The molecule has 0 aromatic heterocycles. The van der Waals surface area contributed by atoms with Crippen LogP contribution in [0.5, 0.6) is 0 Å². The van der Waals surface area contributed by atoms with E-state index in [1.165, 1.54) is 18.2 Å². The first-order valence-electron chi connectivity index (χ1n) is 7.38. The monoisotopic (exact) mass is 296 g/mol. The van der Waals surface area contributed by atoms with E-state index in [9.17, 15) is 13.6 Å². The molecule has 116 valence electrons. The van der Waals surface area contributed by atoms with Crippen molar-refractivity contribution in [3.05, 3.63) is 35.4 Å². The molecular weight excluding hydrogens is 274 g/mol. The van der Waals surface area contributed by atoms with Gasteiger partial charge in [-0.05, 0) is 43.7 Å². The first-order chi connectivity index (χ1) is 9.99. The summed E-state index contributed by atoms with van der Waals surface area (Å²) in [5.74, 6) is -0.652. The molecule has 21 heavy (non-hydrogen) atoms. The quantitative estimate of drug-likeness (QED) is 0.839. The number of carbonyl (C=O) groups excluding carboxylic acids is 1. The highest BCUT2D eigenvalue weighted by atomic mass is 19.1. The molecule has 0 saturated carbocycles. The smallest absolute Gasteiger partial charge is 0.319 e. The van der Waals surface area contributed by atoms with Crippen molar-refractivity contribution in [1.29, 1.82) is 0 Å². The number of hydrogen-bond donors (Lipinski definition) is 0. The Kier molecular flexibility index (Phi) is 5.15. The number of amides is 2. The summed E-state index contributed by atoms with van der Waals surface area (Å²) in [6.45, 7) is 1.44. The maximum absolute atomic E-state index is 13.6. The number of benzene rings is 1. The number of likely N-dealkylation sites (tertiary alicyclic amines) is 1. The molecule has 0 radical (unpaired) electrons. The Hall–Kier alpha value is -1.65. The number of urea groups is 1. The highest BCUT2D eigenvalue weighted by molar-refractivity contribution is 5.73. The van der Waals surface area contributed by atoms with E-state index < -0.39 is 11.6 Å². The fourth-order valence-corrected chi connectivity index (χ4v) is 2.88. The van der Waals surface area contributed by atoms with Gasteiger partial charge in [0.1, 0.15) is 11.6 Å². The second kappa shape index (κ2) is 6.87. The summed E-state index contributed by atoms with van der Waals surface area (Å²) in [5.41, 5.74) is 0.161. The molecule has 1 saturated heterocycles. The van der Waals surface area contributed by atoms with Crippen LogP contribution in [0.1, 0.15) is 24.8 Å². The zero-order valence-electron chi connectivity index (χ0n) is 12.6. The van der Waals surface area contributed by atoms with Crippen LogP contribution in [0, 0.1) is 17.6 Å². The van der Waals surface area contributed by atoms with Crippen LogP contribution < -0.4 is 0 Å². The number of rotatable bonds is 3. The van der Waals surface area contributed by atoms with E-state index >= 15 is 0 Å². The molecule has 1 aromatic rings. The van der Waals surface area contributed by atoms with E-state index in [0.29, 0.717) is 25.3 Å². The largest absolute Gasteiger partial charge is 0.331 e. The maximum Gasteiger partial charge on any atom is 0.319 e. The van der Waals surface area contributed by atoms with E-state index in [2.05, 4.69) is 0 Å². The number of carbonyl (C=O) groups is 1. The van der Waals surface area contributed by atoms with Crippen molar-refractivity contribution in [1.82, 2.24) is 9.80 Å². The van der Waals surface area contributed by atoms with Gasteiger partial charge in [-0.3, -0.25) is 0 Å². The van der Waals surface area contributed by atoms with Gasteiger partial charge in [0.05, 0.1) is 0 Å². The number of piperidine rings is 1. The third-order valence-electron chi connectivity index (χ3n) is 4.04. The van der Waals surface area contributed by atoms with Gasteiger partial charge in [-0.2, -0.15) is 0 Å². The van der Waals surface area contributed by atoms with Crippen molar-refractivity contribution in [3.8, 4) is 0 Å². The number of halogens is 2. The SMILES string of the molecule is CN(C)C(=O)N1CCC[C@H](CCc2c(F)cccc2F)C1. The fourth-order valence-electron chi connectivity index (χ4n) is 2.88. The second-order valence-corrected chi connectivity index (χ2v) is 5.87. The zero-order valence-corrected chi connectivity index (χ0v) is 12.6. The van der Waals surface area contributed by atoms with Gasteiger partial charge in [0.15, 0.2) is 0 Å². The third-order valence-corrected chi connectivity index (χ3v) is 4.04.